The molecule has 3 rings (SSSR count). The third-order valence-corrected chi connectivity index (χ3v) is 7.16. The van der Waals surface area contributed by atoms with Crippen LogP contribution in [-0.2, 0) is 19.6 Å². The van der Waals surface area contributed by atoms with Crippen LogP contribution in [0, 0.1) is 0 Å². The van der Waals surface area contributed by atoms with Crippen LogP contribution in [0.1, 0.15) is 12.8 Å². The van der Waals surface area contributed by atoms with Gasteiger partial charge in [0, 0.05) is 32.8 Å². The van der Waals surface area contributed by atoms with Gasteiger partial charge in [0.25, 0.3) is 5.91 Å². The fourth-order valence-electron chi connectivity index (χ4n) is 2.95. The predicted octanol–water partition coefficient (Wildman–Crippen LogP) is 2.01. The SMILES string of the molecule is O=C([C@@H]1CCCO1)N1CCN(S(=O)(=O)c2cccc(Cl)c2Cl)CC1. The highest BCUT2D eigenvalue weighted by Gasteiger charge is 2.34. The van der Waals surface area contributed by atoms with E-state index in [4.69, 9.17) is 27.9 Å². The Labute approximate surface area is 151 Å². The van der Waals surface area contributed by atoms with Crippen molar-refractivity contribution in [2.24, 2.45) is 0 Å². The van der Waals surface area contributed by atoms with E-state index in [9.17, 15) is 13.2 Å². The zero-order chi connectivity index (χ0) is 17.3. The Morgan fingerprint density at radius 1 is 1.17 bits per heavy atom. The summed E-state index contributed by atoms with van der Waals surface area (Å²) < 4.78 is 32.2. The molecule has 0 aromatic heterocycles. The van der Waals surface area contributed by atoms with Gasteiger partial charge >= 0.3 is 0 Å². The van der Waals surface area contributed by atoms with Crippen LogP contribution in [0.3, 0.4) is 0 Å². The van der Waals surface area contributed by atoms with Gasteiger partial charge in [0.05, 0.1) is 10.0 Å². The molecule has 2 heterocycles. The van der Waals surface area contributed by atoms with E-state index < -0.39 is 10.0 Å². The first-order chi connectivity index (χ1) is 11.4. The molecule has 0 radical (unpaired) electrons. The maximum atomic E-state index is 12.7. The number of hydrogen-bond donors (Lipinski definition) is 0. The van der Waals surface area contributed by atoms with E-state index in [0.29, 0.717) is 19.7 Å². The summed E-state index contributed by atoms with van der Waals surface area (Å²) in [5.41, 5.74) is 0. The third kappa shape index (κ3) is 3.41. The minimum absolute atomic E-state index is 0.00410. The van der Waals surface area contributed by atoms with Crippen molar-refractivity contribution in [2.45, 2.75) is 23.8 Å². The Balaban J connectivity index is 1.69. The number of carbonyl (C=O) groups excluding carboxylic acids is 1. The summed E-state index contributed by atoms with van der Waals surface area (Å²) in [7, 11) is -3.74. The highest BCUT2D eigenvalue weighted by Crippen LogP contribution is 2.31. The number of amides is 1. The van der Waals surface area contributed by atoms with Gasteiger partial charge in [-0.3, -0.25) is 4.79 Å². The topological polar surface area (TPSA) is 66.9 Å². The number of hydrogen-bond acceptors (Lipinski definition) is 4. The van der Waals surface area contributed by atoms with Crippen LogP contribution < -0.4 is 0 Å². The van der Waals surface area contributed by atoms with Crippen molar-refractivity contribution in [1.82, 2.24) is 9.21 Å². The molecular formula is C15H18Cl2N2O4S. The van der Waals surface area contributed by atoms with Crippen LogP contribution >= 0.6 is 23.2 Å². The average Bonchev–Trinajstić information content (AvgIpc) is 3.11. The summed E-state index contributed by atoms with van der Waals surface area (Å²) in [5, 5.41) is 0.224. The summed E-state index contributed by atoms with van der Waals surface area (Å²) in [6.07, 6.45) is 1.24. The Bertz CT molecular complexity index is 727. The fourth-order valence-corrected chi connectivity index (χ4v) is 5.11. The first-order valence-electron chi connectivity index (χ1n) is 7.76. The number of piperazine rings is 1. The van der Waals surface area contributed by atoms with E-state index in [1.54, 1.807) is 17.0 Å². The smallest absolute Gasteiger partial charge is 0.251 e. The molecule has 0 bridgehead atoms. The molecule has 1 amide bonds. The van der Waals surface area contributed by atoms with E-state index in [2.05, 4.69) is 0 Å². The Morgan fingerprint density at radius 2 is 1.88 bits per heavy atom. The second-order valence-corrected chi connectivity index (χ2v) is 8.47. The standard InChI is InChI=1S/C15H18Cl2N2O4S/c16-11-3-1-5-13(14(11)17)24(21,22)19-8-6-18(7-9-19)15(20)12-4-2-10-23-12/h1,3,5,12H,2,4,6-10H2/t12-/m0/s1. The lowest BCUT2D eigenvalue weighted by molar-refractivity contribution is -0.142. The molecule has 9 heteroatoms. The number of carbonyl (C=O) groups is 1. The first kappa shape index (κ1) is 17.9. The quantitative estimate of drug-likeness (QED) is 0.788. The highest BCUT2D eigenvalue weighted by molar-refractivity contribution is 7.89. The minimum Gasteiger partial charge on any atom is -0.368 e. The van der Waals surface area contributed by atoms with Crippen LogP contribution in [0.25, 0.3) is 0 Å². The normalized spacial score (nSPS) is 22.8. The molecule has 6 nitrogen and oxygen atoms in total. The highest BCUT2D eigenvalue weighted by atomic mass is 35.5. The summed E-state index contributed by atoms with van der Waals surface area (Å²) in [5.74, 6) is -0.0506. The van der Waals surface area contributed by atoms with Gasteiger partial charge in [0.15, 0.2) is 0 Å². The second kappa shape index (κ2) is 7.17. The molecule has 132 valence electrons. The number of sulfonamides is 1. The maximum Gasteiger partial charge on any atom is 0.251 e. The average molecular weight is 393 g/mol. The Hall–Kier alpha value is -0.860. The zero-order valence-corrected chi connectivity index (χ0v) is 15.3. The van der Waals surface area contributed by atoms with Gasteiger partial charge < -0.3 is 9.64 Å². The number of benzene rings is 1. The molecule has 24 heavy (non-hydrogen) atoms. The van der Waals surface area contributed by atoms with E-state index in [-0.39, 0.29) is 40.0 Å². The van der Waals surface area contributed by atoms with E-state index in [1.807, 2.05) is 0 Å². The number of nitrogens with zero attached hydrogens (tertiary/aromatic N) is 2. The van der Waals surface area contributed by atoms with Crippen LogP contribution in [0.5, 0.6) is 0 Å². The van der Waals surface area contributed by atoms with Crippen LogP contribution in [0.2, 0.25) is 10.0 Å². The zero-order valence-electron chi connectivity index (χ0n) is 13.0. The molecule has 0 spiro atoms. The molecule has 0 unspecified atom stereocenters. The van der Waals surface area contributed by atoms with E-state index in [1.165, 1.54) is 10.4 Å². The van der Waals surface area contributed by atoms with Crippen molar-refractivity contribution in [3.8, 4) is 0 Å². The second-order valence-electron chi connectivity index (χ2n) is 5.78. The lowest BCUT2D eigenvalue weighted by atomic mass is 10.2. The summed E-state index contributed by atoms with van der Waals surface area (Å²) >= 11 is 12.0. The van der Waals surface area contributed by atoms with Crippen LogP contribution in [0.4, 0.5) is 0 Å². The summed E-state index contributed by atoms with van der Waals surface area (Å²) in [6, 6.07) is 4.53. The van der Waals surface area contributed by atoms with Gasteiger partial charge in [-0.1, -0.05) is 29.3 Å². The lowest BCUT2D eigenvalue weighted by Crippen LogP contribution is -2.52. The summed E-state index contributed by atoms with van der Waals surface area (Å²) in [6.45, 7) is 1.75. The largest absolute Gasteiger partial charge is 0.368 e. The van der Waals surface area contributed by atoms with Crippen molar-refractivity contribution < 1.29 is 17.9 Å². The van der Waals surface area contributed by atoms with Crippen molar-refractivity contribution >= 4 is 39.1 Å². The number of ether oxygens (including phenoxy) is 1. The van der Waals surface area contributed by atoms with Gasteiger partial charge in [-0.25, -0.2) is 8.42 Å². The fraction of sp³-hybridized carbons (Fsp3) is 0.533. The van der Waals surface area contributed by atoms with Gasteiger partial charge in [-0.15, -0.1) is 0 Å². The molecule has 1 atom stereocenters. The predicted molar refractivity (Wildman–Crippen MR) is 90.8 cm³/mol. The van der Waals surface area contributed by atoms with Crippen molar-refractivity contribution in [3.63, 3.8) is 0 Å². The lowest BCUT2D eigenvalue weighted by Gasteiger charge is -2.35. The van der Waals surface area contributed by atoms with Crippen molar-refractivity contribution in [1.29, 1.82) is 0 Å². The molecule has 0 saturated carbocycles. The minimum atomic E-state index is -3.74. The molecule has 2 saturated heterocycles. The van der Waals surface area contributed by atoms with E-state index >= 15 is 0 Å². The van der Waals surface area contributed by atoms with Gasteiger partial charge in [-0.05, 0) is 25.0 Å². The molecule has 2 fully saturated rings. The molecule has 2 aliphatic heterocycles. The van der Waals surface area contributed by atoms with Gasteiger partial charge in [-0.2, -0.15) is 4.31 Å². The third-order valence-electron chi connectivity index (χ3n) is 4.29. The first-order valence-corrected chi connectivity index (χ1v) is 9.95. The van der Waals surface area contributed by atoms with Gasteiger partial charge in [0.1, 0.15) is 11.0 Å². The van der Waals surface area contributed by atoms with Crippen molar-refractivity contribution in [3.05, 3.63) is 28.2 Å². The molecule has 0 N–H and O–H groups in total. The van der Waals surface area contributed by atoms with E-state index in [0.717, 1.165) is 12.8 Å². The molecule has 1 aromatic carbocycles. The van der Waals surface area contributed by atoms with Gasteiger partial charge in [0.2, 0.25) is 10.0 Å². The van der Waals surface area contributed by atoms with Crippen LogP contribution in [0.15, 0.2) is 23.1 Å². The molecule has 0 aliphatic carbocycles. The molecule has 2 aliphatic rings. The number of rotatable bonds is 3. The molecular weight excluding hydrogens is 375 g/mol. The number of halogens is 2. The Morgan fingerprint density at radius 3 is 2.50 bits per heavy atom. The maximum absolute atomic E-state index is 12.7. The van der Waals surface area contributed by atoms with Crippen LogP contribution in [-0.4, -0.2) is 62.4 Å². The monoisotopic (exact) mass is 392 g/mol. The van der Waals surface area contributed by atoms with Crippen molar-refractivity contribution in [2.75, 3.05) is 32.8 Å². The summed E-state index contributed by atoms with van der Waals surface area (Å²) in [4.78, 5) is 14.0. The molecule has 1 aromatic rings. The Kier molecular flexibility index (Phi) is 5.36.